The summed E-state index contributed by atoms with van der Waals surface area (Å²) in [6.07, 6.45) is 0.943. The molecule has 2 N–H and O–H groups in total. The minimum Gasteiger partial charge on any atom is -0.398 e. The molecule has 0 saturated carbocycles. The number of benzene rings is 2. The van der Waals surface area contributed by atoms with E-state index >= 15 is 0 Å². The molecule has 0 unspecified atom stereocenters. The topological polar surface area (TPSA) is 29.3 Å². The third-order valence-corrected chi connectivity index (χ3v) is 3.82. The highest BCUT2D eigenvalue weighted by molar-refractivity contribution is 6.30. The van der Waals surface area contributed by atoms with E-state index in [-0.39, 0.29) is 10.8 Å². The number of anilines is 2. The second-order valence-electron chi connectivity index (χ2n) is 4.76. The first kappa shape index (κ1) is 12.3. The summed E-state index contributed by atoms with van der Waals surface area (Å²) in [6.45, 7) is 1.58. The van der Waals surface area contributed by atoms with Crippen LogP contribution in [-0.4, -0.2) is 6.54 Å². The van der Waals surface area contributed by atoms with Crippen LogP contribution < -0.4 is 10.6 Å². The van der Waals surface area contributed by atoms with Gasteiger partial charge in [-0.05, 0) is 36.2 Å². The second kappa shape index (κ2) is 4.74. The number of rotatable bonds is 2. The molecule has 2 aromatic rings. The van der Waals surface area contributed by atoms with Crippen molar-refractivity contribution in [1.82, 2.24) is 0 Å². The molecular weight excluding hydrogens is 263 g/mol. The van der Waals surface area contributed by atoms with Gasteiger partial charge >= 0.3 is 0 Å². The zero-order valence-electron chi connectivity index (χ0n) is 10.4. The van der Waals surface area contributed by atoms with Crippen molar-refractivity contribution in [3.63, 3.8) is 0 Å². The molecule has 1 aliphatic heterocycles. The molecule has 2 aromatic carbocycles. The molecule has 4 heteroatoms. The lowest BCUT2D eigenvalue weighted by Gasteiger charge is -2.19. The Labute approximate surface area is 116 Å². The summed E-state index contributed by atoms with van der Waals surface area (Å²) in [4.78, 5) is 2.22. The van der Waals surface area contributed by atoms with E-state index in [4.69, 9.17) is 17.3 Å². The molecular formula is C15H14ClFN2. The Kier molecular flexibility index (Phi) is 3.07. The first-order valence-electron chi connectivity index (χ1n) is 6.21. The quantitative estimate of drug-likeness (QED) is 0.849. The summed E-state index contributed by atoms with van der Waals surface area (Å²) in [6, 6.07) is 10.9. The first-order chi connectivity index (χ1) is 9.15. The molecule has 0 atom stereocenters. The summed E-state index contributed by atoms with van der Waals surface area (Å²) in [5.74, 6) is -0.369. The van der Waals surface area contributed by atoms with Crippen LogP contribution in [0.2, 0.25) is 5.02 Å². The number of nitrogens with two attached hydrogens (primary N) is 1. The van der Waals surface area contributed by atoms with Crippen LogP contribution in [0.25, 0.3) is 0 Å². The van der Waals surface area contributed by atoms with Crippen molar-refractivity contribution in [3.05, 3.63) is 58.4 Å². The smallest absolute Gasteiger partial charge is 0.142 e. The zero-order valence-corrected chi connectivity index (χ0v) is 11.1. The van der Waals surface area contributed by atoms with Crippen molar-refractivity contribution in [2.24, 2.45) is 0 Å². The third-order valence-electron chi connectivity index (χ3n) is 3.52. The Hall–Kier alpha value is -1.74. The molecule has 0 radical (unpaired) electrons. The van der Waals surface area contributed by atoms with Gasteiger partial charge in [-0.2, -0.15) is 0 Å². The summed E-state index contributed by atoms with van der Waals surface area (Å²) in [5.41, 5.74) is 10.1. The van der Waals surface area contributed by atoms with Crippen LogP contribution in [0, 0.1) is 5.82 Å². The Bertz CT molecular complexity index is 628. The molecule has 0 aromatic heterocycles. The number of nitrogen functional groups attached to an aromatic ring is 1. The van der Waals surface area contributed by atoms with E-state index < -0.39 is 0 Å². The highest BCUT2D eigenvalue weighted by Gasteiger charge is 2.20. The summed E-state index contributed by atoms with van der Waals surface area (Å²) in [5, 5.41) is 0.162. The van der Waals surface area contributed by atoms with Crippen molar-refractivity contribution in [2.75, 3.05) is 17.2 Å². The molecule has 0 fully saturated rings. The molecule has 0 saturated heterocycles. The molecule has 0 bridgehead atoms. The highest BCUT2D eigenvalue weighted by atomic mass is 35.5. The molecule has 0 amide bonds. The molecule has 98 valence electrons. The average molecular weight is 277 g/mol. The van der Waals surface area contributed by atoms with Crippen LogP contribution in [0.15, 0.2) is 36.4 Å². The predicted octanol–water partition coefficient (Wildman–Crippen LogP) is 3.62. The minimum atomic E-state index is -0.369. The fourth-order valence-corrected chi connectivity index (χ4v) is 2.67. The Morgan fingerprint density at radius 1 is 1.26 bits per heavy atom. The number of nitrogens with zero attached hydrogens (tertiary/aromatic N) is 1. The van der Waals surface area contributed by atoms with Crippen LogP contribution >= 0.6 is 11.6 Å². The van der Waals surface area contributed by atoms with E-state index in [0.717, 1.165) is 29.9 Å². The number of hydrogen-bond acceptors (Lipinski definition) is 2. The molecule has 2 nitrogen and oxygen atoms in total. The molecule has 1 aliphatic rings. The molecule has 0 spiro atoms. The monoisotopic (exact) mass is 276 g/mol. The lowest BCUT2D eigenvalue weighted by molar-refractivity contribution is 0.625. The van der Waals surface area contributed by atoms with E-state index in [1.54, 1.807) is 6.07 Å². The summed E-state index contributed by atoms with van der Waals surface area (Å²) in [7, 11) is 0. The van der Waals surface area contributed by atoms with E-state index in [0.29, 0.717) is 6.54 Å². The van der Waals surface area contributed by atoms with Gasteiger partial charge in [-0.15, -0.1) is 0 Å². The average Bonchev–Trinajstić information content (AvgIpc) is 2.79. The van der Waals surface area contributed by atoms with Gasteiger partial charge in [0.15, 0.2) is 0 Å². The lowest BCUT2D eigenvalue weighted by atomic mass is 10.1. The minimum absolute atomic E-state index is 0.162. The fraction of sp³-hybridized carbons (Fsp3) is 0.200. The van der Waals surface area contributed by atoms with Gasteiger partial charge in [0.05, 0.1) is 5.02 Å². The predicted molar refractivity (Wildman–Crippen MR) is 77.0 cm³/mol. The highest BCUT2D eigenvalue weighted by Crippen LogP contribution is 2.33. The maximum atomic E-state index is 13.4. The largest absolute Gasteiger partial charge is 0.398 e. The van der Waals surface area contributed by atoms with Crippen LogP contribution in [0.3, 0.4) is 0 Å². The number of halogens is 2. The van der Waals surface area contributed by atoms with Gasteiger partial charge in [0.2, 0.25) is 0 Å². The van der Waals surface area contributed by atoms with E-state index in [2.05, 4.69) is 11.0 Å². The SMILES string of the molecule is Nc1cccc2c1CCN2Cc1ccc(Cl)c(F)c1. The summed E-state index contributed by atoms with van der Waals surface area (Å²) >= 11 is 5.69. The molecule has 3 rings (SSSR count). The molecule has 0 aliphatic carbocycles. The Morgan fingerprint density at radius 3 is 2.89 bits per heavy atom. The molecule has 1 heterocycles. The maximum Gasteiger partial charge on any atom is 0.142 e. The van der Waals surface area contributed by atoms with Crippen molar-refractivity contribution < 1.29 is 4.39 Å². The lowest BCUT2D eigenvalue weighted by Crippen LogP contribution is -2.19. The van der Waals surface area contributed by atoms with Crippen molar-refractivity contribution in [1.29, 1.82) is 0 Å². The summed E-state index contributed by atoms with van der Waals surface area (Å²) < 4.78 is 13.4. The van der Waals surface area contributed by atoms with Crippen LogP contribution in [0.5, 0.6) is 0 Å². The van der Waals surface area contributed by atoms with Crippen molar-refractivity contribution in [2.45, 2.75) is 13.0 Å². The van der Waals surface area contributed by atoms with E-state index in [1.165, 1.54) is 11.6 Å². The van der Waals surface area contributed by atoms with Crippen molar-refractivity contribution in [3.8, 4) is 0 Å². The number of hydrogen-bond donors (Lipinski definition) is 1. The second-order valence-corrected chi connectivity index (χ2v) is 5.17. The zero-order chi connectivity index (χ0) is 13.4. The number of fused-ring (bicyclic) bond motifs is 1. The van der Waals surface area contributed by atoms with Crippen LogP contribution in [0.4, 0.5) is 15.8 Å². The van der Waals surface area contributed by atoms with E-state index in [1.807, 2.05) is 18.2 Å². The van der Waals surface area contributed by atoms with Gasteiger partial charge in [-0.3, -0.25) is 0 Å². The third kappa shape index (κ3) is 2.26. The van der Waals surface area contributed by atoms with Crippen molar-refractivity contribution >= 4 is 23.0 Å². The van der Waals surface area contributed by atoms with Gasteiger partial charge in [0, 0.05) is 30.0 Å². The Balaban J connectivity index is 1.86. The van der Waals surface area contributed by atoms with Crippen LogP contribution in [0.1, 0.15) is 11.1 Å². The van der Waals surface area contributed by atoms with Crippen LogP contribution in [-0.2, 0) is 13.0 Å². The Morgan fingerprint density at radius 2 is 2.11 bits per heavy atom. The van der Waals surface area contributed by atoms with Gasteiger partial charge in [0.25, 0.3) is 0 Å². The normalized spacial score (nSPS) is 13.7. The van der Waals surface area contributed by atoms with Gasteiger partial charge in [0.1, 0.15) is 5.82 Å². The van der Waals surface area contributed by atoms with Gasteiger partial charge < -0.3 is 10.6 Å². The fourth-order valence-electron chi connectivity index (χ4n) is 2.55. The first-order valence-corrected chi connectivity index (χ1v) is 6.59. The standard InChI is InChI=1S/C15H14ClFN2/c16-12-5-4-10(8-13(12)17)9-19-7-6-11-14(18)2-1-3-15(11)19/h1-5,8H,6-7,9,18H2. The maximum absolute atomic E-state index is 13.4. The van der Waals surface area contributed by atoms with Gasteiger partial charge in [-0.25, -0.2) is 4.39 Å². The molecule has 19 heavy (non-hydrogen) atoms. The van der Waals surface area contributed by atoms with Gasteiger partial charge in [-0.1, -0.05) is 23.7 Å². The van der Waals surface area contributed by atoms with E-state index in [9.17, 15) is 4.39 Å².